The molecule has 1 N–H and O–H groups in total. The lowest BCUT2D eigenvalue weighted by molar-refractivity contribution is -0.111. The van der Waals surface area contributed by atoms with Gasteiger partial charge in [-0.2, -0.15) is 0 Å². The van der Waals surface area contributed by atoms with E-state index in [0.29, 0.717) is 13.1 Å². The third-order valence-electron chi connectivity index (χ3n) is 3.27. The van der Waals surface area contributed by atoms with Crippen LogP contribution >= 0.6 is 0 Å². The van der Waals surface area contributed by atoms with Gasteiger partial charge in [0.1, 0.15) is 5.60 Å². The largest absolute Gasteiger partial charge is 0.444 e. The van der Waals surface area contributed by atoms with Gasteiger partial charge >= 0.3 is 6.09 Å². The highest BCUT2D eigenvalue weighted by atomic mass is 16.6. The minimum atomic E-state index is -0.505. The highest BCUT2D eigenvalue weighted by Gasteiger charge is 2.27. The molecule has 0 spiro atoms. The van der Waals surface area contributed by atoms with Crippen molar-refractivity contribution in [2.75, 3.05) is 5.32 Å². The summed E-state index contributed by atoms with van der Waals surface area (Å²) in [4.78, 5) is 25.6. The Morgan fingerprint density at radius 2 is 1.83 bits per heavy atom. The highest BCUT2D eigenvalue weighted by molar-refractivity contribution is 5.99. The predicted molar refractivity (Wildman–Crippen MR) is 90.0 cm³/mol. The number of carbonyl (C=O) groups is 2. The Balaban J connectivity index is 2.05. The molecule has 0 aromatic heterocycles. The number of fused-ring (bicyclic) bond motifs is 1. The second-order valence-electron chi connectivity index (χ2n) is 7.03. The molecule has 0 bridgehead atoms. The summed E-state index contributed by atoms with van der Waals surface area (Å²) in [6.45, 7) is 10.3. The average Bonchev–Trinajstić information content (AvgIpc) is 2.78. The fourth-order valence-electron chi connectivity index (χ4n) is 2.37. The SMILES string of the molecule is CC(C)=CC(=O)Nc1ccc2c(c1)CN(C(=O)OC(C)(C)C)C2. The summed E-state index contributed by atoms with van der Waals surface area (Å²) in [5, 5.41) is 2.84. The standard InChI is InChI=1S/C18H24N2O3/c1-12(2)8-16(21)19-15-7-6-13-10-20(11-14(13)9-15)17(22)23-18(3,4)5/h6-9H,10-11H2,1-5H3,(H,19,21). The van der Waals surface area contributed by atoms with Gasteiger partial charge in [0.2, 0.25) is 5.91 Å². The normalized spacial score (nSPS) is 13.3. The van der Waals surface area contributed by atoms with Crippen molar-refractivity contribution >= 4 is 17.7 Å². The quantitative estimate of drug-likeness (QED) is 0.843. The number of nitrogens with one attached hydrogen (secondary N) is 1. The summed E-state index contributed by atoms with van der Waals surface area (Å²) in [6, 6.07) is 5.71. The molecule has 1 aromatic rings. The minimum absolute atomic E-state index is 0.146. The van der Waals surface area contributed by atoms with Crippen molar-refractivity contribution in [2.24, 2.45) is 0 Å². The van der Waals surface area contributed by atoms with Gasteiger partial charge in [0.25, 0.3) is 0 Å². The van der Waals surface area contributed by atoms with Gasteiger partial charge < -0.3 is 10.1 Å². The number of anilines is 1. The monoisotopic (exact) mass is 316 g/mol. The van der Waals surface area contributed by atoms with Gasteiger partial charge in [-0.25, -0.2) is 4.79 Å². The van der Waals surface area contributed by atoms with Gasteiger partial charge in [-0.3, -0.25) is 9.69 Å². The molecule has 0 radical (unpaired) electrons. The molecule has 0 fully saturated rings. The molecule has 2 rings (SSSR count). The van der Waals surface area contributed by atoms with Gasteiger partial charge in [0.05, 0.1) is 0 Å². The van der Waals surface area contributed by atoms with Crippen LogP contribution in [0.1, 0.15) is 45.7 Å². The van der Waals surface area contributed by atoms with E-state index in [-0.39, 0.29) is 12.0 Å². The summed E-state index contributed by atoms with van der Waals surface area (Å²) < 4.78 is 5.40. The number of rotatable bonds is 2. The smallest absolute Gasteiger partial charge is 0.410 e. The lowest BCUT2D eigenvalue weighted by Gasteiger charge is -2.24. The molecule has 5 heteroatoms. The first kappa shape index (κ1) is 17.1. The molecule has 1 aromatic carbocycles. The van der Waals surface area contributed by atoms with Crippen LogP contribution in [0.2, 0.25) is 0 Å². The Labute approximate surface area is 137 Å². The van der Waals surface area contributed by atoms with Crippen molar-refractivity contribution in [1.82, 2.24) is 4.90 Å². The topological polar surface area (TPSA) is 58.6 Å². The molecule has 0 aliphatic carbocycles. The maximum absolute atomic E-state index is 12.1. The van der Waals surface area contributed by atoms with Crippen LogP contribution in [0.15, 0.2) is 29.8 Å². The maximum atomic E-state index is 12.1. The van der Waals surface area contributed by atoms with Crippen LogP contribution in [0.25, 0.3) is 0 Å². The van der Waals surface area contributed by atoms with Crippen LogP contribution in [0, 0.1) is 0 Å². The number of carbonyl (C=O) groups excluding carboxylic acids is 2. The fraction of sp³-hybridized carbons (Fsp3) is 0.444. The molecule has 0 saturated carbocycles. The predicted octanol–water partition coefficient (Wildman–Crippen LogP) is 3.84. The number of ether oxygens (including phenoxy) is 1. The molecule has 1 aliphatic rings. The van der Waals surface area contributed by atoms with Crippen LogP contribution < -0.4 is 5.32 Å². The van der Waals surface area contributed by atoms with Gasteiger partial charge in [-0.15, -0.1) is 0 Å². The summed E-state index contributed by atoms with van der Waals surface area (Å²) in [5.41, 5.74) is 3.29. The molecule has 1 aliphatic heterocycles. The van der Waals surface area contributed by atoms with E-state index in [1.807, 2.05) is 52.8 Å². The number of amides is 2. The zero-order valence-electron chi connectivity index (χ0n) is 14.4. The van der Waals surface area contributed by atoms with E-state index < -0.39 is 5.60 Å². The van der Waals surface area contributed by atoms with Crippen LogP contribution in [0.5, 0.6) is 0 Å². The highest BCUT2D eigenvalue weighted by Crippen LogP contribution is 2.27. The van der Waals surface area contributed by atoms with Crippen LogP contribution in [-0.2, 0) is 22.6 Å². The maximum Gasteiger partial charge on any atom is 0.410 e. The van der Waals surface area contributed by atoms with E-state index >= 15 is 0 Å². The van der Waals surface area contributed by atoms with Crippen molar-refractivity contribution in [3.05, 3.63) is 41.0 Å². The molecule has 0 unspecified atom stereocenters. The number of hydrogen-bond acceptors (Lipinski definition) is 3. The molecular formula is C18H24N2O3. The third-order valence-corrected chi connectivity index (χ3v) is 3.27. The zero-order valence-corrected chi connectivity index (χ0v) is 14.4. The molecule has 23 heavy (non-hydrogen) atoms. The Bertz CT molecular complexity index is 653. The lowest BCUT2D eigenvalue weighted by Crippen LogP contribution is -2.33. The number of hydrogen-bond donors (Lipinski definition) is 1. The number of nitrogens with zero attached hydrogens (tertiary/aromatic N) is 1. The molecule has 5 nitrogen and oxygen atoms in total. The molecule has 124 valence electrons. The van der Waals surface area contributed by atoms with E-state index in [0.717, 1.165) is 22.4 Å². The summed E-state index contributed by atoms with van der Waals surface area (Å²) in [5.74, 6) is -0.146. The molecule has 0 saturated heterocycles. The van der Waals surface area contributed by atoms with E-state index in [1.54, 1.807) is 11.0 Å². The van der Waals surface area contributed by atoms with Crippen LogP contribution in [0.4, 0.5) is 10.5 Å². The van der Waals surface area contributed by atoms with Gasteiger partial charge in [0.15, 0.2) is 0 Å². The van der Waals surface area contributed by atoms with Crippen molar-refractivity contribution in [1.29, 1.82) is 0 Å². The summed E-state index contributed by atoms with van der Waals surface area (Å²) in [6.07, 6.45) is 1.24. The zero-order chi connectivity index (χ0) is 17.2. The summed E-state index contributed by atoms with van der Waals surface area (Å²) >= 11 is 0. The average molecular weight is 316 g/mol. The Hall–Kier alpha value is -2.30. The minimum Gasteiger partial charge on any atom is -0.444 e. The molecule has 0 atom stereocenters. The number of benzene rings is 1. The van der Waals surface area contributed by atoms with E-state index in [9.17, 15) is 9.59 Å². The van der Waals surface area contributed by atoms with Crippen molar-refractivity contribution in [3.63, 3.8) is 0 Å². The Morgan fingerprint density at radius 1 is 1.17 bits per heavy atom. The first-order valence-electron chi connectivity index (χ1n) is 7.70. The second-order valence-corrected chi connectivity index (χ2v) is 7.03. The number of allylic oxidation sites excluding steroid dienone is 1. The Morgan fingerprint density at radius 3 is 2.43 bits per heavy atom. The Kier molecular flexibility index (Phi) is 4.78. The summed E-state index contributed by atoms with van der Waals surface area (Å²) in [7, 11) is 0. The van der Waals surface area contributed by atoms with Gasteiger partial charge in [-0.1, -0.05) is 11.6 Å². The molecule has 2 amide bonds. The van der Waals surface area contributed by atoms with E-state index in [1.165, 1.54) is 0 Å². The van der Waals surface area contributed by atoms with Crippen molar-refractivity contribution in [2.45, 2.75) is 53.3 Å². The second kappa shape index (κ2) is 6.44. The van der Waals surface area contributed by atoms with Crippen LogP contribution in [0.3, 0.4) is 0 Å². The fourth-order valence-corrected chi connectivity index (χ4v) is 2.37. The van der Waals surface area contributed by atoms with Gasteiger partial charge in [-0.05, 0) is 57.9 Å². The molecule has 1 heterocycles. The van der Waals surface area contributed by atoms with E-state index in [4.69, 9.17) is 4.74 Å². The van der Waals surface area contributed by atoms with Gasteiger partial charge in [0, 0.05) is 24.9 Å². The van der Waals surface area contributed by atoms with Crippen molar-refractivity contribution < 1.29 is 14.3 Å². The third kappa shape index (κ3) is 4.84. The van der Waals surface area contributed by atoms with E-state index in [2.05, 4.69) is 5.32 Å². The first-order chi connectivity index (χ1) is 10.6. The lowest BCUT2D eigenvalue weighted by atomic mass is 10.1. The van der Waals surface area contributed by atoms with Crippen LogP contribution in [-0.4, -0.2) is 22.5 Å². The first-order valence-corrected chi connectivity index (χ1v) is 7.70. The van der Waals surface area contributed by atoms with Crippen molar-refractivity contribution in [3.8, 4) is 0 Å². The molecular weight excluding hydrogens is 292 g/mol.